The maximum absolute atomic E-state index is 5.69. The van der Waals surface area contributed by atoms with Gasteiger partial charge in [-0.1, -0.05) is 13.8 Å². The van der Waals surface area contributed by atoms with Gasteiger partial charge in [0.1, 0.15) is 12.2 Å². The lowest BCUT2D eigenvalue weighted by Crippen LogP contribution is -2.14. The summed E-state index contributed by atoms with van der Waals surface area (Å²) in [6.45, 7) is 9.74. The first-order valence-corrected chi connectivity index (χ1v) is 7.28. The fourth-order valence-electron chi connectivity index (χ4n) is 1.94. The van der Waals surface area contributed by atoms with Crippen LogP contribution in [0.15, 0.2) is 24.7 Å². The zero-order valence-corrected chi connectivity index (χ0v) is 13.1. The van der Waals surface area contributed by atoms with Crippen LogP contribution in [-0.4, -0.2) is 25.9 Å². The second kappa shape index (κ2) is 7.06. The van der Waals surface area contributed by atoms with E-state index >= 15 is 0 Å². The number of nitrogens with zero attached hydrogens (tertiary/aromatic N) is 4. The number of pyridine rings is 1. The van der Waals surface area contributed by atoms with Gasteiger partial charge in [-0.05, 0) is 31.9 Å². The van der Waals surface area contributed by atoms with E-state index in [1.165, 1.54) is 0 Å². The number of anilines is 1. The van der Waals surface area contributed by atoms with Gasteiger partial charge < -0.3 is 10.1 Å². The zero-order chi connectivity index (χ0) is 15.2. The Morgan fingerprint density at radius 3 is 2.76 bits per heavy atom. The molecule has 0 bridgehead atoms. The summed E-state index contributed by atoms with van der Waals surface area (Å²) in [5, 5.41) is 7.58. The molecule has 0 aliphatic carbocycles. The summed E-state index contributed by atoms with van der Waals surface area (Å²) < 4.78 is 7.62. The first kappa shape index (κ1) is 15.3. The molecule has 0 unspecified atom stereocenters. The molecule has 2 aromatic heterocycles. The summed E-state index contributed by atoms with van der Waals surface area (Å²) in [7, 11) is 0. The molecule has 0 saturated carbocycles. The molecule has 0 aromatic carbocycles. The molecule has 114 valence electrons. The minimum atomic E-state index is 0.0880. The minimum Gasteiger partial charge on any atom is -0.473 e. The van der Waals surface area contributed by atoms with Crippen LogP contribution in [0.3, 0.4) is 0 Å². The summed E-state index contributed by atoms with van der Waals surface area (Å²) in [6, 6.07) is 3.84. The van der Waals surface area contributed by atoms with Gasteiger partial charge in [-0.2, -0.15) is 5.10 Å². The van der Waals surface area contributed by atoms with E-state index < -0.39 is 0 Å². The van der Waals surface area contributed by atoms with Crippen LogP contribution in [-0.2, 0) is 13.1 Å². The molecule has 6 heteroatoms. The molecular weight excluding hydrogens is 266 g/mol. The molecule has 0 atom stereocenters. The fourth-order valence-corrected chi connectivity index (χ4v) is 1.94. The quantitative estimate of drug-likeness (QED) is 0.849. The minimum absolute atomic E-state index is 0.0880. The zero-order valence-electron chi connectivity index (χ0n) is 13.1. The molecule has 0 aliphatic heterocycles. The van der Waals surface area contributed by atoms with Gasteiger partial charge in [0.15, 0.2) is 0 Å². The summed E-state index contributed by atoms with van der Waals surface area (Å²) in [4.78, 5) is 8.57. The van der Waals surface area contributed by atoms with Crippen molar-refractivity contribution in [2.24, 2.45) is 5.92 Å². The molecule has 0 aliphatic rings. The topological polar surface area (TPSA) is 64.9 Å². The van der Waals surface area contributed by atoms with E-state index in [0.717, 1.165) is 18.1 Å². The van der Waals surface area contributed by atoms with Crippen LogP contribution >= 0.6 is 0 Å². The molecule has 0 radical (unpaired) electrons. The van der Waals surface area contributed by atoms with Crippen molar-refractivity contribution in [1.29, 1.82) is 0 Å². The molecule has 1 N–H and O–H groups in total. The van der Waals surface area contributed by atoms with E-state index in [-0.39, 0.29) is 6.10 Å². The van der Waals surface area contributed by atoms with Gasteiger partial charge >= 0.3 is 0 Å². The second-order valence-corrected chi connectivity index (χ2v) is 5.63. The van der Waals surface area contributed by atoms with Crippen molar-refractivity contribution in [2.75, 3.05) is 5.32 Å². The lowest BCUT2D eigenvalue weighted by Gasteiger charge is -2.14. The largest absolute Gasteiger partial charge is 0.473 e. The van der Waals surface area contributed by atoms with Crippen LogP contribution in [0.1, 0.15) is 33.5 Å². The van der Waals surface area contributed by atoms with Crippen molar-refractivity contribution < 1.29 is 4.74 Å². The van der Waals surface area contributed by atoms with Crippen molar-refractivity contribution in [3.63, 3.8) is 0 Å². The Bertz CT molecular complexity index is 565. The van der Waals surface area contributed by atoms with Crippen molar-refractivity contribution in [3.8, 4) is 5.88 Å². The van der Waals surface area contributed by atoms with Crippen molar-refractivity contribution in [3.05, 3.63) is 30.5 Å². The average molecular weight is 289 g/mol. The van der Waals surface area contributed by atoms with E-state index in [9.17, 15) is 0 Å². The SMILES string of the molecule is CC(C)Cn1ncnc1CNc1cccnc1OC(C)C. The number of aromatic nitrogens is 4. The van der Waals surface area contributed by atoms with Crippen LogP contribution in [0.4, 0.5) is 5.69 Å². The summed E-state index contributed by atoms with van der Waals surface area (Å²) >= 11 is 0. The Morgan fingerprint density at radius 2 is 2.05 bits per heavy atom. The fraction of sp³-hybridized carbons (Fsp3) is 0.533. The highest BCUT2D eigenvalue weighted by Crippen LogP contribution is 2.22. The summed E-state index contributed by atoms with van der Waals surface area (Å²) in [5.41, 5.74) is 0.866. The number of rotatable bonds is 7. The van der Waals surface area contributed by atoms with Crippen molar-refractivity contribution >= 4 is 5.69 Å². The van der Waals surface area contributed by atoms with Crippen LogP contribution in [0.5, 0.6) is 5.88 Å². The van der Waals surface area contributed by atoms with Gasteiger partial charge in [-0.25, -0.2) is 14.6 Å². The van der Waals surface area contributed by atoms with E-state index in [1.54, 1.807) is 12.5 Å². The van der Waals surface area contributed by atoms with Gasteiger partial charge in [-0.15, -0.1) is 0 Å². The highest BCUT2D eigenvalue weighted by atomic mass is 16.5. The molecule has 0 saturated heterocycles. The molecule has 2 rings (SSSR count). The van der Waals surface area contributed by atoms with Gasteiger partial charge in [0, 0.05) is 12.7 Å². The lowest BCUT2D eigenvalue weighted by atomic mass is 10.2. The van der Waals surface area contributed by atoms with Crippen molar-refractivity contribution in [2.45, 2.75) is 46.9 Å². The maximum Gasteiger partial charge on any atom is 0.237 e. The lowest BCUT2D eigenvalue weighted by molar-refractivity contribution is 0.234. The molecule has 0 spiro atoms. The Kier molecular flexibility index (Phi) is 5.14. The van der Waals surface area contributed by atoms with E-state index in [1.807, 2.05) is 30.7 Å². The molecule has 2 heterocycles. The van der Waals surface area contributed by atoms with E-state index in [0.29, 0.717) is 18.3 Å². The third kappa shape index (κ3) is 4.44. The van der Waals surface area contributed by atoms with Crippen LogP contribution in [0, 0.1) is 5.92 Å². The van der Waals surface area contributed by atoms with Gasteiger partial charge in [0.25, 0.3) is 0 Å². The second-order valence-electron chi connectivity index (χ2n) is 5.63. The normalized spacial score (nSPS) is 11.1. The molecular formula is C15H23N5O. The number of hydrogen-bond donors (Lipinski definition) is 1. The number of nitrogens with one attached hydrogen (secondary N) is 1. The highest BCUT2D eigenvalue weighted by Gasteiger charge is 2.09. The standard InChI is InChI=1S/C15H23N5O/c1-11(2)9-20-14(18-10-19-20)8-17-13-6-5-7-16-15(13)21-12(3)4/h5-7,10-12,17H,8-9H2,1-4H3. The van der Waals surface area contributed by atoms with Crippen LogP contribution in [0.2, 0.25) is 0 Å². The third-order valence-electron chi connectivity index (χ3n) is 2.79. The van der Waals surface area contributed by atoms with E-state index in [4.69, 9.17) is 4.74 Å². The van der Waals surface area contributed by atoms with E-state index in [2.05, 4.69) is 34.2 Å². The van der Waals surface area contributed by atoms with Crippen LogP contribution < -0.4 is 10.1 Å². The first-order chi connectivity index (χ1) is 10.1. The van der Waals surface area contributed by atoms with Gasteiger partial charge in [-0.3, -0.25) is 0 Å². The predicted octanol–water partition coefficient (Wildman–Crippen LogP) is 2.73. The smallest absolute Gasteiger partial charge is 0.237 e. The Hall–Kier alpha value is -2.11. The molecule has 0 amide bonds. The predicted molar refractivity (Wildman–Crippen MR) is 82.2 cm³/mol. The molecule has 0 fully saturated rings. The molecule has 6 nitrogen and oxygen atoms in total. The molecule has 21 heavy (non-hydrogen) atoms. The Labute approximate surface area is 125 Å². The van der Waals surface area contributed by atoms with Gasteiger partial charge in [0.05, 0.1) is 18.3 Å². The highest BCUT2D eigenvalue weighted by molar-refractivity contribution is 5.52. The maximum atomic E-state index is 5.69. The van der Waals surface area contributed by atoms with Gasteiger partial charge in [0.2, 0.25) is 5.88 Å². The molecule has 2 aromatic rings. The third-order valence-corrected chi connectivity index (χ3v) is 2.79. The monoisotopic (exact) mass is 289 g/mol. The first-order valence-electron chi connectivity index (χ1n) is 7.28. The summed E-state index contributed by atoms with van der Waals surface area (Å²) in [6.07, 6.45) is 3.41. The Morgan fingerprint density at radius 1 is 1.24 bits per heavy atom. The summed E-state index contributed by atoms with van der Waals surface area (Å²) in [5.74, 6) is 2.05. The number of hydrogen-bond acceptors (Lipinski definition) is 5. The number of ether oxygens (including phenoxy) is 1. The van der Waals surface area contributed by atoms with Crippen molar-refractivity contribution in [1.82, 2.24) is 19.7 Å². The Balaban J connectivity index is 2.05. The average Bonchev–Trinajstić information content (AvgIpc) is 2.83. The van der Waals surface area contributed by atoms with Crippen LogP contribution in [0.25, 0.3) is 0 Å².